The minimum atomic E-state index is -1.01. The average Bonchev–Trinajstić information content (AvgIpc) is 2.15. The van der Waals surface area contributed by atoms with E-state index in [-0.39, 0.29) is 12.1 Å². The summed E-state index contributed by atoms with van der Waals surface area (Å²) in [6.45, 7) is 3.30. The quantitative estimate of drug-likeness (QED) is 0.838. The second kappa shape index (κ2) is 4.57. The van der Waals surface area contributed by atoms with Crippen LogP contribution in [0, 0.1) is 5.82 Å². The Bertz CT molecular complexity index is 388. The molecule has 4 nitrogen and oxygen atoms in total. The Labute approximate surface area is 93.7 Å². The smallest absolute Gasteiger partial charge is 0.256 e. The molecule has 1 aromatic rings. The summed E-state index contributed by atoms with van der Waals surface area (Å²) in [6, 6.07) is 1.32. The summed E-state index contributed by atoms with van der Waals surface area (Å²) in [5, 5.41) is 9.55. The van der Waals surface area contributed by atoms with E-state index in [1.165, 1.54) is 24.2 Å². The molecule has 0 fully saturated rings. The summed E-state index contributed by atoms with van der Waals surface area (Å²) in [5.41, 5.74) is -1.05. The van der Waals surface area contributed by atoms with Gasteiger partial charge in [0.1, 0.15) is 0 Å². The normalized spacial score (nSPS) is 11.3. The maximum Gasteiger partial charge on any atom is 0.256 e. The Hall–Kier alpha value is -1.49. The van der Waals surface area contributed by atoms with Gasteiger partial charge in [-0.2, -0.15) is 0 Å². The molecule has 0 aliphatic rings. The fourth-order valence-electron chi connectivity index (χ4n) is 1.41. The molecule has 0 saturated carbocycles. The third-order valence-electron chi connectivity index (χ3n) is 1.97. The maximum absolute atomic E-state index is 13.3. The average molecular weight is 226 g/mol. The number of aromatic nitrogens is 1. The molecule has 0 aliphatic carbocycles. The number of hydrogen-bond acceptors (Lipinski definition) is 3. The van der Waals surface area contributed by atoms with Crippen molar-refractivity contribution in [2.24, 2.45) is 0 Å². The molecule has 5 heteroatoms. The van der Waals surface area contributed by atoms with Gasteiger partial charge in [-0.1, -0.05) is 0 Å². The van der Waals surface area contributed by atoms with E-state index in [1.807, 2.05) is 0 Å². The van der Waals surface area contributed by atoms with Crippen LogP contribution in [0.2, 0.25) is 0 Å². The Morgan fingerprint density at radius 3 is 2.75 bits per heavy atom. The molecule has 1 rings (SSSR count). The summed E-state index contributed by atoms with van der Waals surface area (Å²) in [4.78, 5) is 16.6. The van der Waals surface area contributed by atoms with Gasteiger partial charge in [0.25, 0.3) is 5.91 Å². The van der Waals surface area contributed by atoms with E-state index < -0.39 is 17.3 Å². The van der Waals surface area contributed by atoms with Crippen molar-refractivity contribution < 1.29 is 14.3 Å². The van der Waals surface area contributed by atoms with Crippen molar-refractivity contribution in [2.75, 3.05) is 13.6 Å². The highest BCUT2D eigenvalue weighted by Gasteiger charge is 2.22. The second-order valence-electron chi connectivity index (χ2n) is 4.33. The molecule has 1 aromatic heterocycles. The van der Waals surface area contributed by atoms with E-state index in [2.05, 4.69) is 4.98 Å². The number of nitrogens with zero attached hydrogens (tertiary/aromatic N) is 2. The van der Waals surface area contributed by atoms with Crippen LogP contribution < -0.4 is 0 Å². The van der Waals surface area contributed by atoms with E-state index >= 15 is 0 Å². The topological polar surface area (TPSA) is 53.4 Å². The molecule has 16 heavy (non-hydrogen) atoms. The Morgan fingerprint density at radius 1 is 1.62 bits per heavy atom. The molecule has 0 aromatic carbocycles. The van der Waals surface area contributed by atoms with Crippen LogP contribution in [-0.4, -0.2) is 40.1 Å². The van der Waals surface area contributed by atoms with Gasteiger partial charge in [0.2, 0.25) is 0 Å². The standard InChI is InChI=1S/C11H15FN2O2/c1-11(2,16)7-14(3)10(15)8-4-5-13-6-9(8)12/h4-6,16H,7H2,1-3H3. The summed E-state index contributed by atoms with van der Waals surface area (Å²) in [6.07, 6.45) is 2.35. The van der Waals surface area contributed by atoms with Crippen LogP contribution in [-0.2, 0) is 0 Å². The minimum absolute atomic E-state index is 0.0400. The van der Waals surface area contributed by atoms with Crippen molar-refractivity contribution >= 4 is 5.91 Å². The van der Waals surface area contributed by atoms with Crippen LogP contribution in [0.25, 0.3) is 0 Å². The van der Waals surface area contributed by atoms with Crippen LogP contribution in [0.1, 0.15) is 24.2 Å². The summed E-state index contributed by atoms with van der Waals surface area (Å²) < 4.78 is 13.3. The van der Waals surface area contributed by atoms with Crippen molar-refractivity contribution in [3.8, 4) is 0 Å². The molecule has 0 radical (unpaired) electrons. The number of pyridine rings is 1. The lowest BCUT2D eigenvalue weighted by atomic mass is 10.1. The van der Waals surface area contributed by atoms with Gasteiger partial charge in [-0.15, -0.1) is 0 Å². The highest BCUT2D eigenvalue weighted by Crippen LogP contribution is 2.10. The van der Waals surface area contributed by atoms with Gasteiger partial charge >= 0.3 is 0 Å². The molecular formula is C11H15FN2O2. The number of carbonyl (C=O) groups excluding carboxylic acids is 1. The van der Waals surface area contributed by atoms with E-state index in [0.717, 1.165) is 6.20 Å². The third kappa shape index (κ3) is 3.27. The summed E-state index contributed by atoms with van der Waals surface area (Å²) in [7, 11) is 1.51. The first-order valence-electron chi connectivity index (χ1n) is 4.88. The molecule has 1 amide bonds. The van der Waals surface area contributed by atoms with E-state index in [9.17, 15) is 14.3 Å². The molecule has 88 valence electrons. The third-order valence-corrected chi connectivity index (χ3v) is 1.97. The molecule has 0 atom stereocenters. The monoisotopic (exact) mass is 226 g/mol. The summed E-state index contributed by atoms with van der Waals surface area (Å²) in [5.74, 6) is -1.13. The Kier molecular flexibility index (Phi) is 3.59. The predicted molar refractivity (Wildman–Crippen MR) is 57.5 cm³/mol. The minimum Gasteiger partial charge on any atom is -0.389 e. The lowest BCUT2D eigenvalue weighted by molar-refractivity contribution is 0.0365. The van der Waals surface area contributed by atoms with E-state index in [1.54, 1.807) is 13.8 Å². The zero-order valence-electron chi connectivity index (χ0n) is 9.57. The number of halogens is 1. The summed E-state index contributed by atoms with van der Waals surface area (Å²) >= 11 is 0. The van der Waals surface area contributed by atoms with Crippen molar-refractivity contribution in [3.05, 3.63) is 29.8 Å². The number of rotatable bonds is 3. The molecule has 0 spiro atoms. The first-order valence-corrected chi connectivity index (χ1v) is 4.88. The lowest BCUT2D eigenvalue weighted by Crippen LogP contribution is -2.40. The number of hydrogen-bond donors (Lipinski definition) is 1. The van der Waals surface area contributed by atoms with Crippen LogP contribution in [0.5, 0.6) is 0 Å². The van der Waals surface area contributed by atoms with Crippen molar-refractivity contribution in [1.82, 2.24) is 9.88 Å². The molecule has 0 unspecified atom stereocenters. The van der Waals surface area contributed by atoms with E-state index in [0.29, 0.717) is 0 Å². The zero-order chi connectivity index (χ0) is 12.3. The van der Waals surface area contributed by atoms with Crippen LogP contribution in [0.4, 0.5) is 4.39 Å². The van der Waals surface area contributed by atoms with Crippen LogP contribution in [0.3, 0.4) is 0 Å². The molecule has 0 saturated heterocycles. The molecule has 1 N–H and O–H groups in total. The number of aliphatic hydroxyl groups is 1. The Balaban J connectivity index is 2.83. The highest BCUT2D eigenvalue weighted by molar-refractivity contribution is 5.94. The SMILES string of the molecule is CN(CC(C)(C)O)C(=O)c1ccncc1F. The number of amides is 1. The molecule has 0 bridgehead atoms. The maximum atomic E-state index is 13.3. The van der Waals surface area contributed by atoms with Gasteiger partial charge in [-0.3, -0.25) is 9.78 Å². The first-order chi connectivity index (χ1) is 7.31. The largest absolute Gasteiger partial charge is 0.389 e. The second-order valence-corrected chi connectivity index (χ2v) is 4.33. The van der Waals surface area contributed by atoms with Gasteiger partial charge in [0.05, 0.1) is 17.4 Å². The zero-order valence-corrected chi connectivity index (χ0v) is 9.57. The van der Waals surface area contributed by atoms with Gasteiger partial charge in [0.15, 0.2) is 5.82 Å². The van der Waals surface area contributed by atoms with E-state index in [4.69, 9.17) is 0 Å². The van der Waals surface area contributed by atoms with Gasteiger partial charge in [-0.05, 0) is 19.9 Å². The highest BCUT2D eigenvalue weighted by atomic mass is 19.1. The Morgan fingerprint density at radius 2 is 2.25 bits per heavy atom. The van der Waals surface area contributed by atoms with Crippen molar-refractivity contribution in [2.45, 2.75) is 19.4 Å². The number of carbonyl (C=O) groups is 1. The lowest BCUT2D eigenvalue weighted by Gasteiger charge is -2.25. The molecular weight excluding hydrogens is 211 g/mol. The van der Waals surface area contributed by atoms with Crippen molar-refractivity contribution in [3.63, 3.8) is 0 Å². The van der Waals surface area contributed by atoms with Crippen molar-refractivity contribution in [1.29, 1.82) is 0 Å². The van der Waals surface area contributed by atoms with Gasteiger partial charge < -0.3 is 10.0 Å². The van der Waals surface area contributed by atoms with Gasteiger partial charge in [0, 0.05) is 19.8 Å². The predicted octanol–water partition coefficient (Wildman–Crippen LogP) is 1.06. The van der Waals surface area contributed by atoms with Crippen LogP contribution >= 0.6 is 0 Å². The number of likely N-dealkylation sites (N-methyl/N-ethyl adjacent to an activating group) is 1. The molecule has 1 heterocycles. The van der Waals surface area contributed by atoms with Gasteiger partial charge in [-0.25, -0.2) is 4.39 Å². The molecule has 0 aliphatic heterocycles. The fourth-order valence-corrected chi connectivity index (χ4v) is 1.41. The van der Waals surface area contributed by atoms with Crippen LogP contribution in [0.15, 0.2) is 18.5 Å². The fraction of sp³-hybridized carbons (Fsp3) is 0.455. The first kappa shape index (κ1) is 12.6.